The fraction of sp³-hybridized carbons (Fsp3) is 0.619. The molecule has 0 saturated carbocycles. The van der Waals surface area contributed by atoms with Crippen molar-refractivity contribution in [1.82, 2.24) is 0 Å². The summed E-state index contributed by atoms with van der Waals surface area (Å²) in [5, 5.41) is 0. The topological polar surface area (TPSA) is 52.6 Å². The zero-order chi connectivity index (χ0) is 18.4. The molecule has 2 bridgehead atoms. The molecule has 4 nitrogen and oxygen atoms in total. The van der Waals surface area contributed by atoms with E-state index in [1.165, 1.54) is 0 Å². The molecule has 1 aromatic carbocycles. The molecule has 0 aromatic heterocycles. The molecule has 0 N–H and O–H groups in total. The van der Waals surface area contributed by atoms with Crippen molar-refractivity contribution in [2.45, 2.75) is 71.3 Å². The highest BCUT2D eigenvalue weighted by Crippen LogP contribution is 2.29. The first-order valence-corrected chi connectivity index (χ1v) is 9.33. The lowest BCUT2D eigenvalue weighted by Crippen LogP contribution is -2.29. The zero-order valence-corrected chi connectivity index (χ0v) is 15.8. The first-order chi connectivity index (χ1) is 11.9. The van der Waals surface area contributed by atoms with Gasteiger partial charge in [-0.25, -0.2) is 0 Å². The largest absolute Gasteiger partial charge is 0.465 e. The van der Waals surface area contributed by atoms with Gasteiger partial charge in [0.05, 0.1) is 6.61 Å². The summed E-state index contributed by atoms with van der Waals surface area (Å²) < 4.78 is 11.1. The molecule has 138 valence electrons. The van der Waals surface area contributed by atoms with Crippen LogP contribution in [0, 0.1) is 5.92 Å². The maximum atomic E-state index is 12.2. The molecule has 0 amide bonds. The minimum absolute atomic E-state index is 0.138. The van der Waals surface area contributed by atoms with Crippen molar-refractivity contribution < 1.29 is 19.1 Å². The Morgan fingerprint density at radius 2 is 1.48 bits per heavy atom. The van der Waals surface area contributed by atoms with E-state index in [-0.39, 0.29) is 35.8 Å². The van der Waals surface area contributed by atoms with Crippen molar-refractivity contribution in [1.29, 1.82) is 0 Å². The molecule has 0 saturated heterocycles. The van der Waals surface area contributed by atoms with Gasteiger partial charge in [-0.05, 0) is 29.9 Å². The van der Waals surface area contributed by atoms with Crippen LogP contribution in [0.3, 0.4) is 0 Å². The second-order valence-corrected chi connectivity index (χ2v) is 7.45. The Balaban J connectivity index is 2.23. The van der Waals surface area contributed by atoms with Crippen LogP contribution in [-0.2, 0) is 19.1 Å². The Morgan fingerprint density at radius 1 is 0.920 bits per heavy atom. The average Bonchev–Trinajstić information content (AvgIpc) is 2.60. The summed E-state index contributed by atoms with van der Waals surface area (Å²) in [6.07, 6.45) is 1.85. The van der Waals surface area contributed by atoms with Crippen molar-refractivity contribution in [2.75, 3.05) is 6.61 Å². The number of rotatable bonds is 1. The van der Waals surface area contributed by atoms with Gasteiger partial charge in [0.15, 0.2) is 0 Å². The van der Waals surface area contributed by atoms with Crippen molar-refractivity contribution in [3.63, 3.8) is 0 Å². The third-order valence-electron chi connectivity index (χ3n) is 4.95. The van der Waals surface area contributed by atoms with Crippen LogP contribution >= 0.6 is 0 Å². The lowest BCUT2D eigenvalue weighted by atomic mass is 9.87. The second-order valence-electron chi connectivity index (χ2n) is 7.45. The van der Waals surface area contributed by atoms with Gasteiger partial charge in [0.25, 0.3) is 0 Å². The van der Waals surface area contributed by atoms with Crippen molar-refractivity contribution in [3.05, 3.63) is 35.4 Å². The molecule has 0 aliphatic carbocycles. The molecule has 1 aromatic rings. The molecule has 2 aliphatic rings. The van der Waals surface area contributed by atoms with E-state index in [1.807, 2.05) is 0 Å². The molecule has 2 aliphatic heterocycles. The van der Waals surface area contributed by atoms with E-state index < -0.39 is 0 Å². The Bertz CT molecular complexity index is 576. The highest BCUT2D eigenvalue weighted by atomic mass is 16.5. The van der Waals surface area contributed by atoms with Gasteiger partial charge < -0.3 is 9.47 Å². The van der Waals surface area contributed by atoms with Gasteiger partial charge >= 0.3 is 11.9 Å². The minimum atomic E-state index is -0.197. The van der Waals surface area contributed by atoms with E-state index in [9.17, 15) is 9.59 Å². The Labute approximate surface area is 150 Å². The molecule has 3 rings (SSSR count). The molecule has 0 fully saturated rings. The summed E-state index contributed by atoms with van der Waals surface area (Å²) in [7, 11) is 0. The maximum Gasteiger partial charge on any atom is 0.306 e. The van der Waals surface area contributed by atoms with Gasteiger partial charge in [0, 0.05) is 24.7 Å². The summed E-state index contributed by atoms with van der Waals surface area (Å²) in [5.74, 6) is 0.166. The van der Waals surface area contributed by atoms with Gasteiger partial charge in [-0.1, -0.05) is 52.0 Å². The maximum absolute atomic E-state index is 12.2. The summed E-state index contributed by atoms with van der Waals surface area (Å²) in [6, 6.07) is 8.34. The lowest BCUT2D eigenvalue weighted by molar-refractivity contribution is -0.153. The summed E-state index contributed by atoms with van der Waals surface area (Å²) in [4.78, 5) is 24.0. The minimum Gasteiger partial charge on any atom is -0.465 e. The van der Waals surface area contributed by atoms with Crippen LogP contribution in [0.5, 0.6) is 0 Å². The third kappa shape index (κ3) is 5.58. The fourth-order valence-corrected chi connectivity index (χ4v) is 3.27. The number of carbonyl (C=O) groups is 2. The van der Waals surface area contributed by atoms with Gasteiger partial charge in [-0.15, -0.1) is 0 Å². The smallest absolute Gasteiger partial charge is 0.306 e. The molecule has 4 heteroatoms. The monoisotopic (exact) mass is 346 g/mol. The molecule has 0 spiro atoms. The van der Waals surface area contributed by atoms with Crippen LogP contribution in [0.2, 0.25) is 0 Å². The quantitative estimate of drug-likeness (QED) is 0.699. The van der Waals surface area contributed by atoms with E-state index in [4.69, 9.17) is 9.47 Å². The van der Waals surface area contributed by atoms with E-state index >= 15 is 0 Å². The molecule has 25 heavy (non-hydrogen) atoms. The fourth-order valence-electron chi connectivity index (χ4n) is 3.27. The second kappa shape index (κ2) is 9.02. The number of hydrogen-bond acceptors (Lipinski definition) is 4. The average molecular weight is 346 g/mol. The molecule has 2 heterocycles. The van der Waals surface area contributed by atoms with Crippen molar-refractivity contribution in [3.8, 4) is 0 Å². The standard InChI is InChI=1S/C21H30O4/c1-14(2)21-16(4)18-11-9-17(10-12-18)15(3)13-24-19(22)7-5-6-8-20(23)25-21/h9-12,14-16,21H,5-8,13H2,1-4H3/t15-,16-,21-/m0/s1. The highest BCUT2D eigenvalue weighted by molar-refractivity contribution is 5.70. The number of esters is 2. The van der Waals surface area contributed by atoms with E-state index in [1.54, 1.807) is 0 Å². The number of benzene rings is 1. The van der Waals surface area contributed by atoms with Crippen LogP contribution in [-0.4, -0.2) is 24.6 Å². The van der Waals surface area contributed by atoms with Crippen molar-refractivity contribution in [2.24, 2.45) is 5.92 Å². The van der Waals surface area contributed by atoms with Crippen LogP contribution in [0.25, 0.3) is 0 Å². The number of hydrogen-bond donors (Lipinski definition) is 0. The van der Waals surface area contributed by atoms with Gasteiger partial charge in [-0.3, -0.25) is 9.59 Å². The zero-order valence-electron chi connectivity index (χ0n) is 15.8. The summed E-state index contributed by atoms with van der Waals surface area (Å²) >= 11 is 0. The summed E-state index contributed by atoms with van der Waals surface area (Å²) in [6.45, 7) is 8.73. The number of ether oxygens (including phenoxy) is 2. The predicted molar refractivity (Wildman–Crippen MR) is 97.4 cm³/mol. The molecule has 3 atom stereocenters. The van der Waals surface area contributed by atoms with Crippen LogP contribution in [0.4, 0.5) is 0 Å². The van der Waals surface area contributed by atoms with Crippen LogP contribution < -0.4 is 0 Å². The molecule has 0 radical (unpaired) electrons. The highest BCUT2D eigenvalue weighted by Gasteiger charge is 2.26. The van der Waals surface area contributed by atoms with Gasteiger partial charge in [0.2, 0.25) is 0 Å². The normalized spacial score (nSPS) is 26.4. The van der Waals surface area contributed by atoms with Crippen LogP contribution in [0.1, 0.15) is 76.3 Å². The molecular formula is C21H30O4. The third-order valence-corrected chi connectivity index (χ3v) is 4.95. The first-order valence-electron chi connectivity index (χ1n) is 9.33. The number of carbonyl (C=O) groups excluding carboxylic acids is 2. The summed E-state index contributed by atoms with van der Waals surface area (Å²) in [5.41, 5.74) is 2.31. The van der Waals surface area contributed by atoms with E-state index in [0.29, 0.717) is 32.3 Å². The number of fused-ring (bicyclic) bond motifs is 13. The van der Waals surface area contributed by atoms with E-state index in [0.717, 1.165) is 11.1 Å². The Kier molecular flexibility index (Phi) is 7.03. The van der Waals surface area contributed by atoms with E-state index in [2.05, 4.69) is 52.0 Å². The van der Waals surface area contributed by atoms with Gasteiger partial charge in [-0.2, -0.15) is 0 Å². The van der Waals surface area contributed by atoms with Crippen LogP contribution in [0.15, 0.2) is 24.3 Å². The molecular weight excluding hydrogens is 316 g/mol. The lowest BCUT2D eigenvalue weighted by Gasteiger charge is -2.28. The first kappa shape index (κ1) is 19.5. The SMILES string of the molecule is CC(C)[C@@H]1OC(=O)CCCCC(=O)OC[C@H](C)c2ccc(cc2)[C@@H]1C. The Morgan fingerprint density at radius 3 is 2.08 bits per heavy atom. The predicted octanol–water partition coefficient (Wildman–Crippen LogP) is 4.58. The van der Waals surface area contributed by atoms with Crippen molar-refractivity contribution >= 4 is 11.9 Å². The van der Waals surface area contributed by atoms with Gasteiger partial charge in [0.1, 0.15) is 6.10 Å². The Hall–Kier alpha value is -1.84. The molecule has 0 unspecified atom stereocenters.